The molecule has 0 saturated heterocycles. The van der Waals surface area contributed by atoms with E-state index in [4.69, 9.17) is 5.11 Å². The number of aliphatic carboxylic acids is 1. The number of carboxylic acid groups (broad SMARTS) is 1. The summed E-state index contributed by atoms with van der Waals surface area (Å²) in [6.07, 6.45) is 0.780. The number of rotatable bonds is 9. The van der Waals surface area contributed by atoms with E-state index in [2.05, 4.69) is 10.3 Å². The maximum atomic E-state index is 11.8. The molecule has 118 valence electrons. The van der Waals surface area contributed by atoms with Gasteiger partial charge in [0.15, 0.2) is 0 Å². The highest BCUT2D eigenvalue weighted by Crippen LogP contribution is 2.15. The number of hydrogen-bond donors (Lipinski definition) is 2. The topological polar surface area (TPSA) is 79.3 Å². The lowest BCUT2D eigenvalue weighted by Crippen LogP contribution is -2.41. The Hall–Kier alpha value is -1.08. The average Bonchev–Trinajstić information content (AvgIpc) is 2.79. The van der Waals surface area contributed by atoms with Crippen LogP contribution in [-0.2, 0) is 15.3 Å². The molecule has 1 heterocycles. The molecule has 7 heteroatoms. The molecule has 5 nitrogen and oxygen atoms in total. The van der Waals surface area contributed by atoms with Crippen molar-refractivity contribution >= 4 is 35.0 Å². The molecule has 0 aliphatic rings. The molecular formula is C14H22N2O3S2. The second-order valence-electron chi connectivity index (χ2n) is 5.25. The Morgan fingerprint density at radius 1 is 1.48 bits per heavy atom. The number of carboxylic acids is 1. The van der Waals surface area contributed by atoms with Crippen molar-refractivity contribution < 1.29 is 14.7 Å². The van der Waals surface area contributed by atoms with Gasteiger partial charge in [-0.1, -0.05) is 13.8 Å². The van der Waals surface area contributed by atoms with Crippen LogP contribution in [-0.4, -0.2) is 33.8 Å². The first-order valence-electron chi connectivity index (χ1n) is 6.89. The van der Waals surface area contributed by atoms with E-state index < -0.39 is 12.0 Å². The van der Waals surface area contributed by atoms with E-state index in [1.165, 1.54) is 0 Å². The Bertz CT molecular complexity index is 475. The van der Waals surface area contributed by atoms with Crippen molar-refractivity contribution in [3.05, 3.63) is 16.1 Å². The third-order valence-electron chi connectivity index (χ3n) is 2.73. The molecule has 1 rings (SSSR count). The van der Waals surface area contributed by atoms with E-state index in [1.54, 1.807) is 23.1 Å². The predicted octanol–water partition coefficient (Wildman–Crippen LogP) is 2.69. The summed E-state index contributed by atoms with van der Waals surface area (Å²) in [7, 11) is 0. The van der Waals surface area contributed by atoms with Crippen LogP contribution in [0.1, 0.15) is 37.4 Å². The van der Waals surface area contributed by atoms with E-state index in [0.717, 1.165) is 16.5 Å². The zero-order valence-electron chi connectivity index (χ0n) is 12.6. The number of nitrogens with one attached hydrogen (secondary N) is 1. The van der Waals surface area contributed by atoms with Gasteiger partial charge in [-0.05, 0) is 19.3 Å². The first-order chi connectivity index (χ1) is 9.88. The fraction of sp³-hybridized carbons (Fsp3) is 0.643. The fourth-order valence-electron chi connectivity index (χ4n) is 1.78. The van der Waals surface area contributed by atoms with Gasteiger partial charge in [-0.3, -0.25) is 4.79 Å². The first-order valence-corrected chi connectivity index (χ1v) is 8.92. The SMILES string of the molecule is Cc1nc(CSCCC(=O)N[C@@H](CC(C)C)C(=O)O)cs1. The van der Waals surface area contributed by atoms with E-state index in [-0.39, 0.29) is 11.8 Å². The zero-order chi connectivity index (χ0) is 15.8. The molecule has 0 saturated carbocycles. The smallest absolute Gasteiger partial charge is 0.326 e. The quantitative estimate of drug-likeness (QED) is 0.681. The van der Waals surface area contributed by atoms with Crippen molar-refractivity contribution in [1.82, 2.24) is 10.3 Å². The summed E-state index contributed by atoms with van der Waals surface area (Å²) in [5.74, 6) is 0.504. The monoisotopic (exact) mass is 330 g/mol. The highest BCUT2D eigenvalue weighted by Gasteiger charge is 2.20. The Balaban J connectivity index is 2.24. The molecule has 1 atom stereocenters. The number of thioether (sulfide) groups is 1. The molecule has 0 aliphatic carbocycles. The number of carbonyl (C=O) groups is 2. The molecule has 0 spiro atoms. The second-order valence-corrected chi connectivity index (χ2v) is 7.42. The molecule has 21 heavy (non-hydrogen) atoms. The maximum Gasteiger partial charge on any atom is 0.326 e. The average molecular weight is 330 g/mol. The molecule has 0 radical (unpaired) electrons. The van der Waals surface area contributed by atoms with Gasteiger partial charge in [-0.25, -0.2) is 9.78 Å². The van der Waals surface area contributed by atoms with E-state index in [9.17, 15) is 9.59 Å². The van der Waals surface area contributed by atoms with Crippen LogP contribution >= 0.6 is 23.1 Å². The summed E-state index contributed by atoms with van der Waals surface area (Å²) in [6, 6.07) is -0.788. The van der Waals surface area contributed by atoms with E-state index in [1.807, 2.05) is 26.2 Å². The van der Waals surface area contributed by atoms with Crippen molar-refractivity contribution in [2.45, 2.75) is 45.4 Å². The Morgan fingerprint density at radius 2 is 2.19 bits per heavy atom. The molecule has 1 amide bonds. The first kappa shape index (κ1) is 18.0. The maximum absolute atomic E-state index is 11.8. The minimum absolute atomic E-state index is 0.204. The summed E-state index contributed by atoms with van der Waals surface area (Å²) in [4.78, 5) is 27.2. The molecule has 0 aliphatic heterocycles. The Morgan fingerprint density at radius 3 is 2.71 bits per heavy atom. The molecule has 1 aromatic rings. The molecular weight excluding hydrogens is 308 g/mol. The zero-order valence-corrected chi connectivity index (χ0v) is 14.2. The van der Waals surface area contributed by atoms with Crippen LogP contribution in [0, 0.1) is 12.8 Å². The summed E-state index contributed by atoms with van der Waals surface area (Å²) >= 11 is 3.25. The summed E-state index contributed by atoms with van der Waals surface area (Å²) < 4.78 is 0. The Labute approximate surface area is 133 Å². The summed E-state index contributed by atoms with van der Waals surface area (Å²) in [5.41, 5.74) is 1.03. The van der Waals surface area contributed by atoms with Crippen LogP contribution in [0.4, 0.5) is 0 Å². The lowest BCUT2D eigenvalue weighted by atomic mass is 10.0. The van der Waals surface area contributed by atoms with Gasteiger partial charge in [-0.2, -0.15) is 11.8 Å². The molecule has 0 bridgehead atoms. The van der Waals surface area contributed by atoms with Gasteiger partial charge in [0, 0.05) is 23.3 Å². The van der Waals surface area contributed by atoms with Gasteiger partial charge in [0.05, 0.1) is 10.7 Å². The largest absolute Gasteiger partial charge is 0.480 e. The second kappa shape index (κ2) is 9.04. The molecule has 0 fully saturated rings. The van der Waals surface area contributed by atoms with Crippen molar-refractivity contribution in [1.29, 1.82) is 0 Å². The normalized spacial score (nSPS) is 12.4. The molecule has 2 N–H and O–H groups in total. The van der Waals surface area contributed by atoms with Gasteiger partial charge in [0.2, 0.25) is 5.91 Å². The van der Waals surface area contributed by atoms with Gasteiger partial charge < -0.3 is 10.4 Å². The van der Waals surface area contributed by atoms with Crippen molar-refractivity contribution in [2.24, 2.45) is 5.92 Å². The van der Waals surface area contributed by atoms with Crippen LogP contribution < -0.4 is 5.32 Å². The number of nitrogens with zero attached hydrogens (tertiary/aromatic N) is 1. The lowest BCUT2D eigenvalue weighted by molar-refractivity contribution is -0.142. The Kier molecular flexibility index (Phi) is 7.74. The van der Waals surface area contributed by atoms with Crippen LogP contribution in [0.15, 0.2) is 5.38 Å². The highest BCUT2D eigenvalue weighted by atomic mass is 32.2. The number of amides is 1. The summed E-state index contributed by atoms with van der Waals surface area (Å²) in [5, 5.41) is 14.7. The van der Waals surface area contributed by atoms with Gasteiger partial charge in [-0.15, -0.1) is 11.3 Å². The van der Waals surface area contributed by atoms with Crippen molar-refractivity contribution in [2.75, 3.05) is 5.75 Å². The lowest BCUT2D eigenvalue weighted by Gasteiger charge is -2.16. The van der Waals surface area contributed by atoms with Gasteiger partial charge in [0.25, 0.3) is 0 Å². The van der Waals surface area contributed by atoms with Crippen molar-refractivity contribution in [3.8, 4) is 0 Å². The number of thiazole rings is 1. The number of aryl methyl sites for hydroxylation is 1. The third kappa shape index (κ3) is 7.47. The van der Waals surface area contributed by atoms with Crippen molar-refractivity contribution in [3.63, 3.8) is 0 Å². The minimum atomic E-state index is -0.970. The van der Waals surface area contributed by atoms with Crippen LogP contribution in [0.2, 0.25) is 0 Å². The standard InChI is InChI=1S/C14H22N2O3S2/c1-9(2)6-12(14(18)19)16-13(17)4-5-20-7-11-8-21-10(3)15-11/h8-9,12H,4-7H2,1-3H3,(H,16,17)(H,18,19)/t12-/m0/s1. The number of carbonyl (C=O) groups excluding carboxylic acids is 1. The minimum Gasteiger partial charge on any atom is -0.480 e. The summed E-state index contributed by atoms with van der Waals surface area (Å²) in [6.45, 7) is 5.84. The van der Waals surface area contributed by atoms with E-state index in [0.29, 0.717) is 18.6 Å². The molecule has 1 aromatic heterocycles. The molecule has 0 unspecified atom stereocenters. The van der Waals surface area contributed by atoms with Crippen LogP contribution in [0.3, 0.4) is 0 Å². The van der Waals surface area contributed by atoms with Gasteiger partial charge in [0.1, 0.15) is 6.04 Å². The van der Waals surface area contributed by atoms with Crippen LogP contribution in [0.5, 0.6) is 0 Å². The number of aromatic nitrogens is 1. The fourth-order valence-corrected chi connectivity index (χ4v) is 3.32. The predicted molar refractivity (Wildman–Crippen MR) is 86.7 cm³/mol. The number of hydrogen-bond acceptors (Lipinski definition) is 5. The molecule has 0 aromatic carbocycles. The highest BCUT2D eigenvalue weighted by molar-refractivity contribution is 7.98. The van der Waals surface area contributed by atoms with E-state index >= 15 is 0 Å². The van der Waals surface area contributed by atoms with Gasteiger partial charge >= 0.3 is 5.97 Å². The van der Waals surface area contributed by atoms with Crippen LogP contribution in [0.25, 0.3) is 0 Å². The third-order valence-corrected chi connectivity index (χ3v) is 4.55.